The summed E-state index contributed by atoms with van der Waals surface area (Å²) in [6.45, 7) is 8.07. The van der Waals surface area contributed by atoms with Crippen molar-refractivity contribution in [1.82, 2.24) is 15.3 Å². The van der Waals surface area contributed by atoms with E-state index in [1.165, 1.54) is 12.5 Å². The lowest BCUT2D eigenvalue weighted by molar-refractivity contribution is 0.0487. The molecule has 0 spiro atoms. The number of carbonyl (C=O) groups is 1. The van der Waals surface area contributed by atoms with Crippen molar-refractivity contribution in [3.05, 3.63) is 77.1 Å². The minimum absolute atomic E-state index is 0.00811. The minimum atomic E-state index is -1.63. The van der Waals surface area contributed by atoms with Gasteiger partial charge in [-0.1, -0.05) is 6.07 Å². The Balaban J connectivity index is 1.72. The number of rotatable bonds is 9. The van der Waals surface area contributed by atoms with E-state index >= 15 is 0 Å². The van der Waals surface area contributed by atoms with Crippen LogP contribution >= 0.6 is 0 Å². The summed E-state index contributed by atoms with van der Waals surface area (Å²) in [7, 11) is 0. The van der Waals surface area contributed by atoms with Crippen LogP contribution in [0.3, 0.4) is 0 Å². The van der Waals surface area contributed by atoms with Crippen molar-refractivity contribution in [3.63, 3.8) is 0 Å². The maximum absolute atomic E-state index is 14.6. The van der Waals surface area contributed by atoms with Gasteiger partial charge in [-0.15, -0.1) is 0 Å². The third-order valence-corrected chi connectivity index (χ3v) is 6.51. The van der Waals surface area contributed by atoms with Gasteiger partial charge in [0.2, 0.25) is 0 Å². The molecule has 0 saturated carbocycles. The van der Waals surface area contributed by atoms with Crippen molar-refractivity contribution < 1.29 is 31.9 Å². The normalized spacial score (nSPS) is 12.1. The Morgan fingerprint density at radius 1 is 1.09 bits per heavy atom. The molecule has 0 radical (unpaired) electrons. The van der Waals surface area contributed by atoms with E-state index in [-0.39, 0.29) is 41.7 Å². The Labute approximate surface area is 252 Å². The average molecular weight is 611 g/mol. The number of hydrogen-bond acceptors (Lipinski definition) is 9. The standard InChI is InChI=1S/C31H33F3N6O4/c1-15(35)21-11-18(13-38-28(21)36)22-12-24(29(37)40-27(22)20-8-9-42-16(20)2)43-14-19(39-30(41)44-31(3,4)5)10-17-6-7-23(32)26(34)25(17)33/h6-9,11-13,19,35H,10,14H2,1-5H3,(H2,36,38)(H2,37,40)(H,39,41). The van der Waals surface area contributed by atoms with E-state index < -0.39 is 35.2 Å². The fraction of sp³-hybridized carbons (Fsp3) is 0.290. The second kappa shape index (κ2) is 12.7. The number of benzene rings is 1. The molecule has 0 aliphatic carbocycles. The van der Waals surface area contributed by atoms with E-state index in [2.05, 4.69) is 15.3 Å². The SMILES string of the molecule is CC(=N)c1cc(-c2cc(OCC(Cc3ccc(F)c(F)c3F)NC(=O)OC(C)(C)C)c(N)nc2-c2ccoc2C)cnc1N. The molecule has 1 aromatic carbocycles. The van der Waals surface area contributed by atoms with E-state index in [0.717, 1.165) is 12.1 Å². The summed E-state index contributed by atoms with van der Waals surface area (Å²) < 4.78 is 58.9. The zero-order valence-electron chi connectivity index (χ0n) is 24.8. The lowest BCUT2D eigenvalue weighted by Crippen LogP contribution is -2.43. The molecule has 4 aromatic rings. The van der Waals surface area contributed by atoms with Gasteiger partial charge in [-0.2, -0.15) is 0 Å². The van der Waals surface area contributed by atoms with E-state index in [4.69, 9.17) is 30.8 Å². The van der Waals surface area contributed by atoms with Gasteiger partial charge in [0.1, 0.15) is 23.8 Å². The van der Waals surface area contributed by atoms with Crippen molar-refractivity contribution in [3.8, 4) is 28.1 Å². The first-order valence-corrected chi connectivity index (χ1v) is 13.6. The predicted molar refractivity (Wildman–Crippen MR) is 160 cm³/mol. The van der Waals surface area contributed by atoms with Crippen LogP contribution < -0.4 is 21.5 Å². The maximum atomic E-state index is 14.6. The van der Waals surface area contributed by atoms with Gasteiger partial charge in [-0.25, -0.2) is 27.9 Å². The van der Waals surface area contributed by atoms with Gasteiger partial charge in [0.05, 0.1) is 18.0 Å². The highest BCUT2D eigenvalue weighted by atomic mass is 19.2. The van der Waals surface area contributed by atoms with Crippen LogP contribution in [0.2, 0.25) is 0 Å². The van der Waals surface area contributed by atoms with E-state index in [1.807, 2.05) is 0 Å². The first kappa shape index (κ1) is 31.9. The number of pyridine rings is 2. The van der Waals surface area contributed by atoms with E-state index in [0.29, 0.717) is 33.7 Å². The molecule has 4 rings (SSSR count). The smallest absolute Gasteiger partial charge is 0.408 e. The number of carbonyl (C=O) groups excluding carboxylic acids is 1. The third kappa shape index (κ3) is 7.28. The first-order chi connectivity index (χ1) is 20.6. The average Bonchev–Trinajstić information content (AvgIpc) is 3.37. The summed E-state index contributed by atoms with van der Waals surface area (Å²) in [5, 5.41) is 10.7. The molecule has 6 N–H and O–H groups in total. The zero-order chi connectivity index (χ0) is 32.3. The molecule has 13 heteroatoms. The summed E-state index contributed by atoms with van der Waals surface area (Å²) in [6.07, 6.45) is 1.94. The molecule has 3 aromatic heterocycles. The minimum Gasteiger partial charge on any atom is -0.488 e. The molecule has 0 aliphatic heterocycles. The summed E-state index contributed by atoms with van der Waals surface area (Å²) in [4.78, 5) is 21.4. The van der Waals surface area contributed by atoms with Gasteiger partial charge >= 0.3 is 6.09 Å². The number of amides is 1. The first-order valence-electron chi connectivity index (χ1n) is 13.6. The van der Waals surface area contributed by atoms with Crippen molar-refractivity contribution >= 4 is 23.4 Å². The predicted octanol–water partition coefficient (Wildman–Crippen LogP) is 6.20. The number of nitrogens with zero attached hydrogens (tertiary/aromatic N) is 2. The Morgan fingerprint density at radius 2 is 1.82 bits per heavy atom. The topological polar surface area (TPSA) is 162 Å². The number of ether oxygens (including phenoxy) is 2. The van der Waals surface area contributed by atoms with Crippen LogP contribution in [0.4, 0.5) is 29.6 Å². The fourth-order valence-corrected chi connectivity index (χ4v) is 4.41. The molecule has 0 bridgehead atoms. The van der Waals surface area contributed by atoms with Crippen LogP contribution in [0.5, 0.6) is 5.75 Å². The van der Waals surface area contributed by atoms with Crippen molar-refractivity contribution in [2.24, 2.45) is 0 Å². The number of anilines is 2. The van der Waals surface area contributed by atoms with Crippen LogP contribution in [-0.2, 0) is 11.2 Å². The molecule has 0 fully saturated rings. The number of aromatic nitrogens is 2. The van der Waals surface area contributed by atoms with Gasteiger partial charge in [-0.05, 0) is 70.9 Å². The van der Waals surface area contributed by atoms with Gasteiger partial charge < -0.3 is 36.1 Å². The number of furan rings is 1. The van der Waals surface area contributed by atoms with Gasteiger partial charge in [0.15, 0.2) is 29.0 Å². The third-order valence-electron chi connectivity index (χ3n) is 6.51. The molecule has 232 valence electrons. The number of halogens is 3. The molecule has 10 nitrogen and oxygen atoms in total. The number of nitrogens with one attached hydrogen (secondary N) is 2. The Kier molecular flexibility index (Phi) is 9.16. The molecule has 1 amide bonds. The van der Waals surface area contributed by atoms with Crippen LogP contribution in [0.25, 0.3) is 22.4 Å². The highest BCUT2D eigenvalue weighted by molar-refractivity contribution is 6.01. The summed E-state index contributed by atoms with van der Waals surface area (Å²) in [5.74, 6) is -3.48. The van der Waals surface area contributed by atoms with Crippen LogP contribution in [0.1, 0.15) is 44.6 Å². The van der Waals surface area contributed by atoms with Gasteiger partial charge in [-0.3, -0.25) is 0 Å². The number of alkyl carbamates (subject to hydrolysis) is 1. The number of nitrogen functional groups attached to an aromatic ring is 2. The zero-order valence-corrected chi connectivity index (χ0v) is 24.8. The lowest BCUT2D eigenvalue weighted by Gasteiger charge is -2.24. The second-order valence-corrected chi connectivity index (χ2v) is 11.1. The summed E-state index contributed by atoms with van der Waals surface area (Å²) in [5.41, 5.74) is 14.1. The molecule has 3 heterocycles. The van der Waals surface area contributed by atoms with Crippen molar-refractivity contribution in [2.45, 2.75) is 52.7 Å². The van der Waals surface area contributed by atoms with Gasteiger partial charge in [0.25, 0.3) is 0 Å². The second-order valence-electron chi connectivity index (χ2n) is 11.1. The van der Waals surface area contributed by atoms with Crippen molar-refractivity contribution in [2.75, 3.05) is 18.1 Å². The molecule has 44 heavy (non-hydrogen) atoms. The highest BCUT2D eigenvalue weighted by Gasteiger charge is 2.24. The molecular formula is C31H33F3N6O4. The molecule has 0 saturated heterocycles. The van der Waals surface area contributed by atoms with Gasteiger partial charge in [0, 0.05) is 34.2 Å². The summed E-state index contributed by atoms with van der Waals surface area (Å²) >= 11 is 0. The Morgan fingerprint density at radius 3 is 2.45 bits per heavy atom. The number of aryl methyl sites for hydroxylation is 1. The number of hydrogen-bond donors (Lipinski definition) is 4. The summed E-state index contributed by atoms with van der Waals surface area (Å²) in [6, 6.07) is 5.96. The molecule has 1 atom stereocenters. The monoisotopic (exact) mass is 610 g/mol. The Hall–Kier alpha value is -5.07. The molecule has 1 unspecified atom stereocenters. The van der Waals surface area contributed by atoms with Crippen LogP contribution in [0, 0.1) is 29.8 Å². The lowest BCUT2D eigenvalue weighted by atomic mass is 9.98. The maximum Gasteiger partial charge on any atom is 0.408 e. The molecular weight excluding hydrogens is 577 g/mol. The molecule has 0 aliphatic rings. The van der Waals surface area contributed by atoms with E-state index in [9.17, 15) is 18.0 Å². The number of nitrogens with two attached hydrogens (primary N) is 2. The van der Waals surface area contributed by atoms with Crippen LogP contribution in [-0.4, -0.2) is 40.0 Å². The van der Waals surface area contributed by atoms with Crippen LogP contribution in [0.15, 0.2) is 47.2 Å². The largest absolute Gasteiger partial charge is 0.488 e. The Bertz CT molecular complexity index is 1720. The quantitative estimate of drug-likeness (QED) is 0.129. The van der Waals surface area contributed by atoms with E-state index in [1.54, 1.807) is 52.8 Å². The highest BCUT2D eigenvalue weighted by Crippen LogP contribution is 2.38. The van der Waals surface area contributed by atoms with Crippen molar-refractivity contribution in [1.29, 1.82) is 5.41 Å². The fourth-order valence-electron chi connectivity index (χ4n) is 4.41.